The Morgan fingerprint density at radius 3 is 2.92 bits per heavy atom. The molecule has 0 bridgehead atoms. The highest BCUT2D eigenvalue weighted by atomic mass is 32.1. The van der Waals surface area contributed by atoms with Crippen LogP contribution in [0, 0.1) is 0 Å². The molecule has 0 radical (unpaired) electrons. The quantitative estimate of drug-likeness (QED) is 0.718. The maximum absolute atomic E-state index is 12.6. The largest absolute Gasteiger partial charge is 0.486 e. The molecule has 0 N–H and O–H groups in total. The summed E-state index contributed by atoms with van der Waals surface area (Å²) in [6.45, 7) is 1.71. The predicted octanol–water partition coefficient (Wildman–Crippen LogP) is 4.12. The lowest BCUT2D eigenvalue weighted by Gasteiger charge is -2.26. The second-order valence-corrected chi connectivity index (χ2v) is 6.71. The molecule has 0 unspecified atom stereocenters. The van der Waals surface area contributed by atoms with Gasteiger partial charge in [0.15, 0.2) is 5.76 Å². The average Bonchev–Trinajstić information content (AvgIpc) is 3.29. The number of rotatable bonds is 4. The van der Waals surface area contributed by atoms with Crippen molar-refractivity contribution < 1.29 is 13.9 Å². The number of hydrogen-bond donors (Lipinski definition) is 0. The first-order valence-corrected chi connectivity index (χ1v) is 8.78. The summed E-state index contributed by atoms with van der Waals surface area (Å²) >= 11 is 1.77. The Balaban J connectivity index is 1.40. The van der Waals surface area contributed by atoms with Crippen LogP contribution in [-0.2, 0) is 19.6 Å². The third kappa shape index (κ3) is 3.08. The summed E-state index contributed by atoms with van der Waals surface area (Å²) in [5, 5.41) is 2.09. The minimum absolute atomic E-state index is 0.0576. The second-order valence-electron chi connectivity index (χ2n) is 5.71. The van der Waals surface area contributed by atoms with E-state index in [2.05, 4.69) is 11.4 Å². The van der Waals surface area contributed by atoms with Gasteiger partial charge in [-0.1, -0.05) is 18.2 Å². The molecule has 0 fully saturated rings. The van der Waals surface area contributed by atoms with Crippen LogP contribution in [-0.4, -0.2) is 17.4 Å². The fourth-order valence-corrected chi connectivity index (χ4v) is 3.71. The summed E-state index contributed by atoms with van der Waals surface area (Å²) in [6, 6.07) is 15.2. The zero-order valence-corrected chi connectivity index (χ0v) is 13.9. The SMILES string of the molecule is O=C(c1ccc(COc2ccccc2)o1)N1CCc2sccc2C1. The van der Waals surface area contributed by atoms with Crippen molar-refractivity contribution in [3.8, 4) is 5.75 Å². The number of carbonyl (C=O) groups is 1. The second kappa shape index (κ2) is 6.53. The van der Waals surface area contributed by atoms with Crippen molar-refractivity contribution in [2.24, 2.45) is 0 Å². The molecule has 1 aliphatic rings. The highest BCUT2D eigenvalue weighted by Crippen LogP contribution is 2.25. The van der Waals surface area contributed by atoms with Gasteiger partial charge in [0, 0.05) is 18.0 Å². The van der Waals surface area contributed by atoms with Gasteiger partial charge in [-0.2, -0.15) is 0 Å². The van der Waals surface area contributed by atoms with Crippen molar-refractivity contribution in [1.82, 2.24) is 4.90 Å². The first-order valence-electron chi connectivity index (χ1n) is 7.91. The normalized spacial score (nSPS) is 13.6. The van der Waals surface area contributed by atoms with E-state index in [0.717, 1.165) is 18.7 Å². The van der Waals surface area contributed by atoms with Gasteiger partial charge in [-0.05, 0) is 47.7 Å². The van der Waals surface area contributed by atoms with E-state index in [0.29, 0.717) is 24.7 Å². The smallest absolute Gasteiger partial charge is 0.289 e. The maximum Gasteiger partial charge on any atom is 0.289 e. The van der Waals surface area contributed by atoms with Gasteiger partial charge in [0.05, 0.1) is 0 Å². The zero-order chi connectivity index (χ0) is 16.4. The molecule has 0 saturated heterocycles. The molecular formula is C19H17NO3S. The van der Waals surface area contributed by atoms with E-state index in [-0.39, 0.29) is 5.91 Å². The summed E-state index contributed by atoms with van der Waals surface area (Å²) < 4.78 is 11.3. The lowest BCUT2D eigenvalue weighted by atomic mass is 10.1. The van der Waals surface area contributed by atoms with E-state index < -0.39 is 0 Å². The summed E-state index contributed by atoms with van der Waals surface area (Å²) in [4.78, 5) is 15.8. The Kier molecular flexibility index (Phi) is 4.09. The molecule has 24 heavy (non-hydrogen) atoms. The van der Waals surface area contributed by atoms with Gasteiger partial charge in [0.2, 0.25) is 0 Å². The van der Waals surface area contributed by atoms with E-state index in [1.165, 1.54) is 10.4 Å². The number of fused-ring (bicyclic) bond motifs is 1. The molecule has 0 saturated carbocycles. The van der Waals surface area contributed by atoms with Gasteiger partial charge >= 0.3 is 0 Å². The highest BCUT2D eigenvalue weighted by Gasteiger charge is 2.24. The van der Waals surface area contributed by atoms with Crippen LogP contribution in [0.15, 0.2) is 58.3 Å². The number of ether oxygens (including phenoxy) is 1. The van der Waals surface area contributed by atoms with Crippen molar-refractivity contribution in [1.29, 1.82) is 0 Å². The van der Waals surface area contributed by atoms with E-state index in [9.17, 15) is 4.79 Å². The number of nitrogens with zero attached hydrogens (tertiary/aromatic N) is 1. The van der Waals surface area contributed by atoms with Gasteiger partial charge < -0.3 is 14.1 Å². The van der Waals surface area contributed by atoms with Crippen LogP contribution in [0.3, 0.4) is 0 Å². The lowest BCUT2D eigenvalue weighted by molar-refractivity contribution is 0.0699. The molecule has 1 amide bonds. The van der Waals surface area contributed by atoms with Crippen molar-refractivity contribution in [2.45, 2.75) is 19.6 Å². The third-order valence-corrected chi connectivity index (χ3v) is 5.11. The van der Waals surface area contributed by atoms with Crippen molar-refractivity contribution >= 4 is 17.2 Å². The van der Waals surface area contributed by atoms with Gasteiger partial charge in [0.25, 0.3) is 5.91 Å². The molecular weight excluding hydrogens is 322 g/mol. The van der Waals surface area contributed by atoms with Crippen LogP contribution in [0.5, 0.6) is 5.75 Å². The molecule has 0 atom stereocenters. The number of amides is 1. The molecule has 0 aliphatic carbocycles. The van der Waals surface area contributed by atoms with Crippen LogP contribution in [0.2, 0.25) is 0 Å². The molecule has 1 aliphatic heterocycles. The monoisotopic (exact) mass is 339 g/mol. The Hall–Kier alpha value is -2.53. The molecule has 122 valence electrons. The molecule has 1 aromatic carbocycles. The summed E-state index contributed by atoms with van der Waals surface area (Å²) in [7, 11) is 0. The summed E-state index contributed by atoms with van der Waals surface area (Å²) in [5.74, 6) is 1.75. The Morgan fingerprint density at radius 2 is 2.04 bits per heavy atom. The summed E-state index contributed by atoms with van der Waals surface area (Å²) in [5.41, 5.74) is 1.25. The molecule has 3 heterocycles. The van der Waals surface area contributed by atoms with Crippen molar-refractivity contribution in [3.05, 3.63) is 75.9 Å². The molecule has 5 heteroatoms. The van der Waals surface area contributed by atoms with Gasteiger partial charge in [-0.25, -0.2) is 0 Å². The van der Waals surface area contributed by atoms with Crippen molar-refractivity contribution in [3.63, 3.8) is 0 Å². The molecule has 0 spiro atoms. The fourth-order valence-electron chi connectivity index (χ4n) is 2.82. The molecule has 3 aromatic rings. The standard InChI is InChI=1S/C19H17NO3S/c21-19(20-10-8-18-14(12-20)9-11-24-18)17-7-6-16(23-17)13-22-15-4-2-1-3-5-15/h1-7,9,11H,8,10,12-13H2. The van der Waals surface area contributed by atoms with E-state index >= 15 is 0 Å². The lowest BCUT2D eigenvalue weighted by Crippen LogP contribution is -2.35. The number of furan rings is 1. The molecule has 2 aromatic heterocycles. The van der Waals surface area contributed by atoms with Crippen LogP contribution >= 0.6 is 11.3 Å². The topological polar surface area (TPSA) is 42.7 Å². The van der Waals surface area contributed by atoms with Crippen molar-refractivity contribution in [2.75, 3.05) is 6.54 Å². The first-order chi connectivity index (χ1) is 11.8. The van der Waals surface area contributed by atoms with E-state index in [1.807, 2.05) is 35.2 Å². The van der Waals surface area contributed by atoms with E-state index in [4.69, 9.17) is 9.15 Å². The molecule has 4 rings (SSSR count). The minimum Gasteiger partial charge on any atom is -0.486 e. The van der Waals surface area contributed by atoms with E-state index in [1.54, 1.807) is 23.5 Å². The predicted molar refractivity (Wildman–Crippen MR) is 92.2 cm³/mol. The number of thiophene rings is 1. The third-order valence-electron chi connectivity index (χ3n) is 4.09. The average molecular weight is 339 g/mol. The molecule has 4 nitrogen and oxygen atoms in total. The minimum atomic E-state index is -0.0576. The van der Waals surface area contributed by atoms with Crippen LogP contribution in [0.4, 0.5) is 0 Å². The maximum atomic E-state index is 12.6. The van der Waals surface area contributed by atoms with Gasteiger partial charge in [-0.3, -0.25) is 4.79 Å². The van der Waals surface area contributed by atoms with Gasteiger partial charge in [0.1, 0.15) is 18.1 Å². The van der Waals surface area contributed by atoms with Gasteiger partial charge in [-0.15, -0.1) is 11.3 Å². The zero-order valence-electron chi connectivity index (χ0n) is 13.1. The Bertz CT molecular complexity index is 837. The Labute approximate surface area is 144 Å². The first kappa shape index (κ1) is 15.0. The fraction of sp³-hybridized carbons (Fsp3) is 0.211. The number of benzene rings is 1. The Morgan fingerprint density at radius 1 is 1.17 bits per heavy atom. The number of carbonyl (C=O) groups excluding carboxylic acids is 1. The van der Waals surface area contributed by atoms with Crippen LogP contribution in [0.25, 0.3) is 0 Å². The summed E-state index contributed by atoms with van der Waals surface area (Å²) in [6.07, 6.45) is 0.920. The number of hydrogen-bond acceptors (Lipinski definition) is 4. The number of para-hydroxylation sites is 1. The van der Waals surface area contributed by atoms with Crippen LogP contribution < -0.4 is 4.74 Å². The van der Waals surface area contributed by atoms with Crippen LogP contribution in [0.1, 0.15) is 26.8 Å². The highest BCUT2D eigenvalue weighted by molar-refractivity contribution is 7.10.